The van der Waals surface area contributed by atoms with Crippen molar-refractivity contribution in [3.05, 3.63) is 118 Å². The Labute approximate surface area is 223 Å². The minimum absolute atomic E-state index is 0.135. The molecule has 0 aliphatic rings. The van der Waals surface area contributed by atoms with E-state index < -0.39 is 11.7 Å². The van der Waals surface area contributed by atoms with E-state index in [2.05, 4.69) is 15.3 Å². The third kappa shape index (κ3) is 5.26. The molecule has 0 saturated carbocycles. The van der Waals surface area contributed by atoms with Crippen molar-refractivity contribution in [1.29, 1.82) is 0 Å². The molecule has 1 N–H and O–H groups in total. The van der Waals surface area contributed by atoms with Crippen LogP contribution in [0.5, 0.6) is 0 Å². The zero-order chi connectivity index (χ0) is 25.9. The molecule has 4 aromatic carbocycles. The highest BCUT2D eigenvalue weighted by atomic mass is 35.5. The van der Waals surface area contributed by atoms with Crippen LogP contribution < -0.4 is 10.2 Å². The first-order valence-corrected chi connectivity index (χ1v) is 12.2. The number of amides is 1. The molecule has 37 heavy (non-hydrogen) atoms. The molecule has 0 unspecified atom stereocenters. The van der Waals surface area contributed by atoms with E-state index in [4.69, 9.17) is 23.2 Å². The summed E-state index contributed by atoms with van der Waals surface area (Å²) in [7, 11) is 1.82. The average molecular weight is 531 g/mol. The van der Waals surface area contributed by atoms with Crippen molar-refractivity contribution in [3.63, 3.8) is 0 Å². The lowest BCUT2D eigenvalue weighted by molar-refractivity contribution is 0.0984. The molecule has 0 saturated heterocycles. The molecule has 5 aromatic rings. The van der Waals surface area contributed by atoms with Gasteiger partial charge in [-0.05, 0) is 65.2 Å². The van der Waals surface area contributed by atoms with Gasteiger partial charge in [0.15, 0.2) is 0 Å². The molecule has 1 aromatic heterocycles. The van der Waals surface area contributed by atoms with Gasteiger partial charge in [-0.25, -0.2) is 14.4 Å². The standard InChI is InChI=1S/C29H21Cl2FN4O/c1-33-28-24-14-20(9-10-26(24)34-17-35-28)19-6-4-5-18(11-19)16-36(27-8-3-2-7-25(27)32)29(37)21-12-22(30)15-23(31)13-21/h2-15,17H,16H2,1H3,(H,33,34,35). The zero-order valence-corrected chi connectivity index (χ0v) is 21.3. The largest absolute Gasteiger partial charge is 0.373 e. The van der Waals surface area contributed by atoms with Crippen LogP contribution in [-0.4, -0.2) is 22.9 Å². The maximum Gasteiger partial charge on any atom is 0.258 e. The van der Waals surface area contributed by atoms with Gasteiger partial charge in [0, 0.05) is 28.0 Å². The Balaban J connectivity index is 1.54. The van der Waals surface area contributed by atoms with Crippen LogP contribution in [-0.2, 0) is 6.54 Å². The summed E-state index contributed by atoms with van der Waals surface area (Å²) < 4.78 is 14.9. The number of carbonyl (C=O) groups is 1. The number of anilines is 2. The SMILES string of the molecule is CNc1ncnc2ccc(-c3cccc(CN(C(=O)c4cc(Cl)cc(Cl)c4)c4ccccc4F)c3)cc12. The van der Waals surface area contributed by atoms with Crippen LogP contribution in [0.3, 0.4) is 0 Å². The van der Waals surface area contributed by atoms with Gasteiger partial charge < -0.3 is 10.2 Å². The van der Waals surface area contributed by atoms with Crippen molar-refractivity contribution >= 4 is 51.5 Å². The number of carbonyl (C=O) groups excluding carboxylic acids is 1. The van der Waals surface area contributed by atoms with Crippen molar-refractivity contribution in [2.45, 2.75) is 6.54 Å². The lowest BCUT2D eigenvalue weighted by atomic mass is 10.0. The molecule has 5 rings (SSSR count). The molecule has 0 atom stereocenters. The van der Waals surface area contributed by atoms with Crippen LogP contribution in [0.25, 0.3) is 22.0 Å². The van der Waals surface area contributed by atoms with E-state index in [1.165, 1.54) is 29.4 Å². The summed E-state index contributed by atoms with van der Waals surface area (Å²) in [5, 5.41) is 4.65. The summed E-state index contributed by atoms with van der Waals surface area (Å²) in [6.45, 7) is 0.135. The summed E-state index contributed by atoms with van der Waals surface area (Å²) in [5.41, 5.74) is 3.99. The number of para-hydroxylation sites is 1. The van der Waals surface area contributed by atoms with E-state index in [1.807, 2.05) is 49.5 Å². The fourth-order valence-electron chi connectivity index (χ4n) is 4.24. The van der Waals surface area contributed by atoms with Crippen LogP contribution in [0.1, 0.15) is 15.9 Å². The van der Waals surface area contributed by atoms with Crippen LogP contribution in [0.4, 0.5) is 15.9 Å². The Kier molecular flexibility index (Phi) is 7.04. The normalized spacial score (nSPS) is 10.9. The summed E-state index contributed by atoms with van der Waals surface area (Å²) in [6, 6.07) is 24.5. The molecule has 8 heteroatoms. The highest BCUT2D eigenvalue weighted by Gasteiger charge is 2.22. The lowest BCUT2D eigenvalue weighted by Gasteiger charge is -2.24. The molecule has 0 bridgehead atoms. The fraction of sp³-hybridized carbons (Fsp3) is 0.0690. The van der Waals surface area contributed by atoms with Crippen molar-refractivity contribution in [2.75, 3.05) is 17.3 Å². The van der Waals surface area contributed by atoms with Gasteiger partial charge in [-0.2, -0.15) is 0 Å². The Morgan fingerprint density at radius 3 is 2.41 bits per heavy atom. The van der Waals surface area contributed by atoms with E-state index in [0.717, 1.165) is 33.4 Å². The molecule has 1 amide bonds. The van der Waals surface area contributed by atoms with Crippen LogP contribution >= 0.6 is 23.2 Å². The second kappa shape index (κ2) is 10.5. The number of fused-ring (bicyclic) bond motifs is 1. The first-order chi connectivity index (χ1) is 17.9. The number of hydrogen-bond donors (Lipinski definition) is 1. The van der Waals surface area contributed by atoms with Crippen LogP contribution in [0, 0.1) is 5.82 Å². The number of aromatic nitrogens is 2. The highest BCUT2D eigenvalue weighted by molar-refractivity contribution is 6.35. The van der Waals surface area contributed by atoms with Crippen molar-refractivity contribution in [1.82, 2.24) is 9.97 Å². The predicted octanol–water partition coefficient (Wildman–Crippen LogP) is 7.63. The van der Waals surface area contributed by atoms with Crippen LogP contribution in [0.15, 0.2) is 91.3 Å². The van der Waals surface area contributed by atoms with E-state index in [9.17, 15) is 9.18 Å². The maximum atomic E-state index is 14.9. The smallest absolute Gasteiger partial charge is 0.258 e. The Morgan fingerprint density at radius 1 is 0.892 bits per heavy atom. The quantitative estimate of drug-likeness (QED) is 0.245. The van der Waals surface area contributed by atoms with E-state index in [-0.39, 0.29) is 17.8 Å². The van der Waals surface area contributed by atoms with Gasteiger partial charge in [0.25, 0.3) is 5.91 Å². The number of halogens is 3. The lowest BCUT2D eigenvalue weighted by Crippen LogP contribution is -2.31. The molecular formula is C29H21Cl2FN4O. The Morgan fingerprint density at radius 2 is 1.65 bits per heavy atom. The Bertz CT molecular complexity index is 1610. The summed E-state index contributed by atoms with van der Waals surface area (Å²) in [5.74, 6) is -0.185. The summed E-state index contributed by atoms with van der Waals surface area (Å²) >= 11 is 12.3. The molecule has 0 fully saturated rings. The zero-order valence-electron chi connectivity index (χ0n) is 19.8. The van der Waals surface area contributed by atoms with Crippen LogP contribution in [0.2, 0.25) is 10.0 Å². The number of benzene rings is 4. The van der Waals surface area contributed by atoms with Gasteiger partial charge in [-0.3, -0.25) is 4.79 Å². The second-order valence-electron chi connectivity index (χ2n) is 8.41. The van der Waals surface area contributed by atoms with Gasteiger partial charge in [0.05, 0.1) is 17.7 Å². The molecule has 0 spiro atoms. The first-order valence-electron chi connectivity index (χ1n) is 11.5. The predicted molar refractivity (Wildman–Crippen MR) is 148 cm³/mol. The van der Waals surface area contributed by atoms with E-state index >= 15 is 0 Å². The average Bonchev–Trinajstić information content (AvgIpc) is 2.91. The monoisotopic (exact) mass is 530 g/mol. The number of hydrogen-bond acceptors (Lipinski definition) is 4. The second-order valence-corrected chi connectivity index (χ2v) is 9.28. The maximum absolute atomic E-state index is 14.9. The first kappa shape index (κ1) is 24.7. The molecule has 0 aliphatic carbocycles. The fourth-order valence-corrected chi connectivity index (χ4v) is 4.76. The van der Waals surface area contributed by atoms with Gasteiger partial charge in [0.1, 0.15) is 18.0 Å². The minimum Gasteiger partial charge on any atom is -0.373 e. The van der Waals surface area contributed by atoms with Gasteiger partial charge >= 0.3 is 0 Å². The highest BCUT2D eigenvalue weighted by Crippen LogP contribution is 2.30. The van der Waals surface area contributed by atoms with Gasteiger partial charge in [-0.15, -0.1) is 0 Å². The number of nitrogens with zero attached hydrogens (tertiary/aromatic N) is 3. The molecule has 184 valence electrons. The van der Waals surface area contributed by atoms with Gasteiger partial charge in [0.2, 0.25) is 0 Å². The number of nitrogens with one attached hydrogen (secondary N) is 1. The summed E-state index contributed by atoms with van der Waals surface area (Å²) in [6.07, 6.45) is 1.52. The van der Waals surface area contributed by atoms with Gasteiger partial charge in [-0.1, -0.05) is 59.6 Å². The molecule has 1 heterocycles. The van der Waals surface area contributed by atoms with E-state index in [0.29, 0.717) is 10.0 Å². The number of rotatable bonds is 6. The van der Waals surface area contributed by atoms with E-state index in [1.54, 1.807) is 24.3 Å². The minimum atomic E-state index is -0.505. The van der Waals surface area contributed by atoms with Crippen molar-refractivity contribution in [2.24, 2.45) is 0 Å². The third-order valence-corrected chi connectivity index (χ3v) is 6.41. The van der Waals surface area contributed by atoms with Crippen molar-refractivity contribution in [3.8, 4) is 11.1 Å². The molecule has 0 aliphatic heterocycles. The molecular weight excluding hydrogens is 510 g/mol. The Hall–Kier alpha value is -4.00. The van der Waals surface area contributed by atoms with Crippen molar-refractivity contribution < 1.29 is 9.18 Å². The topological polar surface area (TPSA) is 58.1 Å². The summed E-state index contributed by atoms with van der Waals surface area (Å²) in [4.78, 5) is 23.6. The molecule has 5 nitrogen and oxygen atoms in total. The third-order valence-electron chi connectivity index (χ3n) is 5.97. The molecule has 0 radical (unpaired) electrons.